The van der Waals surface area contributed by atoms with Gasteiger partial charge in [-0.2, -0.15) is 0 Å². The first-order valence-corrected chi connectivity index (χ1v) is 24.2. The van der Waals surface area contributed by atoms with E-state index in [1.54, 1.807) is 0 Å². The molecule has 1 unspecified atom stereocenters. The zero-order chi connectivity index (χ0) is 46.5. The largest absolute Gasteiger partial charge is 0.462 e. The van der Waals surface area contributed by atoms with Gasteiger partial charge in [-0.15, -0.1) is 0 Å². The number of carbonyl (C=O) groups is 3. The molecule has 352 valence electrons. The summed E-state index contributed by atoms with van der Waals surface area (Å²) in [4.78, 5) is 37.8. The molecule has 0 aliphatic heterocycles. The number of ether oxygens (including phenoxy) is 3. The second-order valence-corrected chi connectivity index (χ2v) is 15.0. The molecule has 64 heavy (non-hydrogen) atoms. The summed E-state index contributed by atoms with van der Waals surface area (Å²) in [6.07, 6.45) is 75.0. The summed E-state index contributed by atoms with van der Waals surface area (Å²) in [5.74, 6) is -1.20. The third kappa shape index (κ3) is 47.8. The predicted molar refractivity (Wildman–Crippen MR) is 274 cm³/mol. The molecule has 0 rings (SSSR count). The van der Waals surface area contributed by atoms with Crippen LogP contribution in [-0.2, 0) is 28.6 Å². The van der Waals surface area contributed by atoms with Gasteiger partial charge < -0.3 is 14.2 Å². The van der Waals surface area contributed by atoms with Crippen LogP contribution in [0.1, 0.15) is 156 Å². The van der Waals surface area contributed by atoms with Crippen LogP contribution in [0.2, 0.25) is 0 Å². The van der Waals surface area contributed by atoms with Crippen molar-refractivity contribution >= 4 is 17.9 Å². The van der Waals surface area contributed by atoms with Crippen molar-refractivity contribution < 1.29 is 28.6 Å². The first-order chi connectivity index (χ1) is 31.5. The summed E-state index contributed by atoms with van der Waals surface area (Å²) in [6, 6.07) is 0. The monoisotopic (exact) mass is 877 g/mol. The lowest BCUT2D eigenvalue weighted by Gasteiger charge is -2.18. The highest BCUT2D eigenvalue weighted by Crippen LogP contribution is 2.08. The molecule has 0 saturated carbocycles. The van der Waals surface area contributed by atoms with Crippen LogP contribution in [0.15, 0.2) is 170 Å². The van der Waals surface area contributed by atoms with Crippen molar-refractivity contribution in [3.63, 3.8) is 0 Å². The van der Waals surface area contributed by atoms with Crippen molar-refractivity contribution in [2.75, 3.05) is 13.2 Å². The number of hydrogen-bond donors (Lipinski definition) is 0. The molecule has 0 heterocycles. The van der Waals surface area contributed by atoms with Crippen molar-refractivity contribution in [2.24, 2.45) is 0 Å². The average molecular weight is 877 g/mol. The fourth-order valence-electron chi connectivity index (χ4n) is 5.51. The predicted octanol–water partition coefficient (Wildman–Crippen LogP) is 16.0. The standard InChI is InChI=1S/C58H84O6/c1-4-7-10-13-16-19-22-25-27-29-31-33-36-39-42-45-48-51-57(60)63-54-55(53-62-56(59)50-47-44-41-38-35-32-24-21-18-15-12-9-6-3)64-58(61)52-49-46-43-40-37-34-30-28-26-23-20-17-14-11-8-5-2/h8-9,11-12,15-21,24-28,31-35,37-39,41-43,46,55H,4-7,10,13-14,22-23,29-30,36,40,44-45,47-54H2,1-3H3/b11-8-,12-9-,18-15-,19-16-,20-17-,24-21-,27-25-,28-26-,33-31-,35-32-,37-34-,41-38-,42-39-,46-43-. The van der Waals surface area contributed by atoms with E-state index in [4.69, 9.17) is 14.2 Å². The molecule has 0 N–H and O–H groups in total. The first kappa shape index (κ1) is 58.8. The van der Waals surface area contributed by atoms with Crippen LogP contribution >= 0.6 is 0 Å². The van der Waals surface area contributed by atoms with Crippen LogP contribution in [-0.4, -0.2) is 37.2 Å². The van der Waals surface area contributed by atoms with E-state index in [0.29, 0.717) is 19.3 Å². The van der Waals surface area contributed by atoms with Gasteiger partial charge in [0, 0.05) is 19.3 Å². The van der Waals surface area contributed by atoms with E-state index >= 15 is 0 Å². The van der Waals surface area contributed by atoms with Gasteiger partial charge in [0.05, 0.1) is 0 Å². The lowest BCUT2D eigenvalue weighted by molar-refractivity contribution is -0.166. The summed E-state index contributed by atoms with van der Waals surface area (Å²) in [5.41, 5.74) is 0. The van der Waals surface area contributed by atoms with Gasteiger partial charge in [0.1, 0.15) is 13.2 Å². The Morgan fingerprint density at radius 2 is 0.703 bits per heavy atom. The van der Waals surface area contributed by atoms with Crippen LogP contribution < -0.4 is 0 Å². The summed E-state index contributed by atoms with van der Waals surface area (Å²) in [5, 5.41) is 0. The Morgan fingerprint density at radius 3 is 1.14 bits per heavy atom. The molecule has 6 heteroatoms. The Kier molecular flexibility index (Phi) is 46.3. The van der Waals surface area contributed by atoms with E-state index in [1.807, 2.05) is 66.8 Å². The Labute approximate surface area is 390 Å². The zero-order valence-corrected chi connectivity index (χ0v) is 40.0. The van der Waals surface area contributed by atoms with Gasteiger partial charge in [-0.3, -0.25) is 14.4 Å². The maximum Gasteiger partial charge on any atom is 0.306 e. The molecular formula is C58H84O6. The van der Waals surface area contributed by atoms with Crippen molar-refractivity contribution in [2.45, 2.75) is 162 Å². The minimum Gasteiger partial charge on any atom is -0.462 e. The third-order valence-electron chi connectivity index (χ3n) is 9.08. The topological polar surface area (TPSA) is 78.9 Å². The molecule has 0 aliphatic carbocycles. The van der Waals surface area contributed by atoms with Crippen LogP contribution in [0.25, 0.3) is 0 Å². The number of allylic oxidation sites excluding steroid dienone is 28. The molecule has 0 aromatic carbocycles. The number of unbranched alkanes of at least 4 members (excludes halogenated alkanes) is 5. The molecule has 0 aliphatic rings. The van der Waals surface area contributed by atoms with Gasteiger partial charge in [-0.05, 0) is 103 Å². The van der Waals surface area contributed by atoms with E-state index in [0.717, 1.165) is 70.6 Å². The smallest absolute Gasteiger partial charge is 0.306 e. The first-order valence-electron chi connectivity index (χ1n) is 24.2. The summed E-state index contributed by atoms with van der Waals surface area (Å²) in [7, 11) is 0. The van der Waals surface area contributed by atoms with Crippen molar-refractivity contribution in [1.82, 2.24) is 0 Å². The molecule has 0 bridgehead atoms. The molecule has 1 atom stereocenters. The molecule has 0 aromatic heterocycles. The van der Waals surface area contributed by atoms with Crippen LogP contribution in [0.4, 0.5) is 0 Å². The molecule has 0 radical (unpaired) electrons. The normalized spacial score (nSPS) is 13.6. The van der Waals surface area contributed by atoms with Crippen LogP contribution in [0.5, 0.6) is 0 Å². The maximum atomic E-state index is 12.7. The average Bonchev–Trinajstić information content (AvgIpc) is 3.29. The van der Waals surface area contributed by atoms with Crippen molar-refractivity contribution in [1.29, 1.82) is 0 Å². The summed E-state index contributed by atoms with van der Waals surface area (Å²) < 4.78 is 16.6. The Morgan fingerprint density at radius 1 is 0.344 bits per heavy atom. The molecule has 0 amide bonds. The Hall–Kier alpha value is -5.23. The van der Waals surface area contributed by atoms with Gasteiger partial charge in [0.2, 0.25) is 0 Å². The van der Waals surface area contributed by atoms with E-state index in [9.17, 15) is 14.4 Å². The molecule has 0 aromatic rings. The van der Waals surface area contributed by atoms with E-state index in [1.165, 1.54) is 25.7 Å². The van der Waals surface area contributed by atoms with Gasteiger partial charge in [-0.1, -0.05) is 204 Å². The van der Waals surface area contributed by atoms with Crippen molar-refractivity contribution in [3.8, 4) is 0 Å². The highest BCUT2D eigenvalue weighted by Gasteiger charge is 2.19. The fourth-order valence-corrected chi connectivity index (χ4v) is 5.51. The minimum absolute atomic E-state index is 0.168. The Balaban J connectivity index is 4.73. The van der Waals surface area contributed by atoms with E-state index < -0.39 is 12.1 Å². The van der Waals surface area contributed by atoms with Crippen LogP contribution in [0, 0.1) is 0 Å². The molecular weight excluding hydrogens is 793 g/mol. The third-order valence-corrected chi connectivity index (χ3v) is 9.08. The van der Waals surface area contributed by atoms with E-state index in [-0.39, 0.29) is 44.4 Å². The van der Waals surface area contributed by atoms with Gasteiger partial charge in [0.25, 0.3) is 0 Å². The van der Waals surface area contributed by atoms with E-state index in [2.05, 4.69) is 124 Å². The van der Waals surface area contributed by atoms with Crippen molar-refractivity contribution in [3.05, 3.63) is 170 Å². The lowest BCUT2D eigenvalue weighted by atomic mass is 10.2. The lowest BCUT2D eigenvalue weighted by Crippen LogP contribution is -2.30. The summed E-state index contributed by atoms with van der Waals surface area (Å²) in [6.45, 7) is 6.13. The Bertz CT molecular complexity index is 1570. The maximum absolute atomic E-state index is 12.7. The van der Waals surface area contributed by atoms with Gasteiger partial charge in [0.15, 0.2) is 6.10 Å². The second kappa shape index (κ2) is 50.4. The molecule has 0 fully saturated rings. The van der Waals surface area contributed by atoms with Gasteiger partial charge in [-0.25, -0.2) is 0 Å². The molecule has 6 nitrogen and oxygen atoms in total. The quantitative estimate of drug-likeness (QED) is 0.0201. The summed E-state index contributed by atoms with van der Waals surface area (Å²) >= 11 is 0. The SMILES string of the molecule is CC\C=C/C=C\C=C/C=C\C=C/CCCC(=O)OCC(COC(=O)CCC/C=C\C/C=C\C/C=C\C/C=C\CCCCC)OC(=O)CC/C=C\C/C=C\C/C=C\C/C=C\C/C=C\CC. The fraction of sp³-hybridized carbons (Fsp3) is 0.466. The molecule has 0 spiro atoms. The number of hydrogen-bond acceptors (Lipinski definition) is 6. The number of carbonyl (C=O) groups excluding carboxylic acids is 3. The van der Waals surface area contributed by atoms with Crippen LogP contribution in [0.3, 0.4) is 0 Å². The number of rotatable bonds is 40. The highest BCUT2D eigenvalue weighted by atomic mass is 16.6. The number of esters is 3. The molecule has 0 saturated heterocycles. The zero-order valence-electron chi connectivity index (χ0n) is 40.0. The highest BCUT2D eigenvalue weighted by molar-refractivity contribution is 5.71. The second-order valence-electron chi connectivity index (χ2n) is 15.0. The van der Waals surface area contributed by atoms with Gasteiger partial charge >= 0.3 is 17.9 Å². The minimum atomic E-state index is -0.877.